The first-order valence-corrected chi connectivity index (χ1v) is 22.4. The fraction of sp³-hybridized carbons (Fsp3) is 0.0169. The Morgan fingerprint density at radius 1 is 0.397 bits per heavy atom. The summed E-state index contributed by atoms with van der Waals surface area (Å²) in [6, 6.07) is 80.4. The number of hydrogen-bond acceptors (Lipinski definition) is 3. The molecule has 2 aromatic heterocycles. The molecule has 0 saturated heterocycles. The Hall–Kier alpha value is -7.92. The maximum absolute atomic E-state index is 6.73. The Morgan fingerprint density at radius 3 is 1.86 bits per heavy atom. The van der Waals surface area contributed by atoms with E-state index in [1.165, 1.54) is 69.5 Å². The number of rotatable bonds is 4. The molecule has 1 aliphatic carbocycles. The van der Waals surface area contributed by atoms with E-state index >= 15 is 0 Å². The molecule has 12 aromatic rings. The van der Waals surface area contributed by atoms with Gasteiger partial charge in [0.15, 0.2) is 0 Å². The second kappa shape index (κ2) is 13.0. The first-order chi connectivity index (χ1) is 31.3. The fourth-order valence-corrected chi connectivity index (χ4v) is 12.2. The van der Waals surface area contributed by atoms with E-state index < -0.39 is 5.41 Å². The molecular weight excluding hydrogens is 785 g/mol. The quantitative estimate of drug-likeness (QED) is 0.176. The van der Waals surface area contributed by atoms with Crippen molar-refractivity contribution in [1.29, 1.82) is 0 Å². The van der Waals surface area contributed by atoms with E-state index in [4.69, 9.17) is 4.74 Å². The Balaban J connectivity index is 1.10. The molecule has 0 radical (unpaired) electrons. The van der Waals surface area contributed by atoms with E-state index in [0.29, 0.717) is 0 Å². The van der Waals surface area contributed by atoms with Gasteiger partial charge in [-0.2, -0.15) is 0 Å². The highest BCUT2D eigenvalue weighted by molar-refractivity contribution is 7.25. The summed E-state index contributed by atoms with van der Waals surface area (Å²) < 4.78 is 11.7. The van der Waals surface area contributed by atoms with Gasteiger partial charge in [0.1, 0.15) is 11.5 Å². The molecule has 3 nitrogen and oxygen atoms in total. The average Bonchev–Trinajstić information content (AvgIpc) is 3.89. The molecule has 0 saturated carbocycles. The third kappa shape index (κ3) is 4.73. The van der Waals surface area contributed by atoms with Crippen molar-refractivity contribution in [1.82, 2.24) is 4.57 Å². The van der Waals surface area contributed by atoms with Crippen LogP contribution in [-0.2, 0) is 5.41 Å². The maximum atomic E-state index is 6.73. The first-order valence-electron chi connectivity index (χ1n) is 21.6. The molecule has 294 valence electrons. The van der Waals surface area contributed by atoms with Crippen LogP contribution in [-0.4, -0.2) is 4.57 Å². The van der Waals surface area contributed by atoms with E-state index in [1.54, 1.807) is 0 Å². The molecule has 2 aliphatic rings. The largest absolute Gasteiger partial charge is 0.457 e. The smallest absolute Gasteiger partial charge is 0.132 e. The minimum Gasteiger partial charge on any atom is -0.457 e. The highest BCUT2D eigenvalue weighted by Crippen LogP contribution is 2.62. The molecule has 1 spiro atoms. The van der Waals surface area contributed by atoms with Crippen LogP contribution in [0.3, 0.4) is 0 Å². The van der Waals surface area contributed by atoms with Crippen LogP contribution in [0, 0.1) is 0 Å². The predicted molar refractivity (Wildman–Crippen MR) is 263 cm³/mol. The number of nitrogens with zero attached hydrogens (tertiary/aromatic N) is 2. The second-order valence-corrected chi connectivity index (χ2v) is 17.8. The van der Waals surface area contributed by atoms with Gasteiger partial charge >= 0.3 is 0 Å². The van der Waals surface area contributed by atoms with Crippen LogP contribution >= 0.6 is 11.3 Å². The Morgan fingerprint density at radius 2 is 1.02 bits per heavy atom. The van der Waals surface area contributed by atoms with Gasteiger partial charge in [0, 0.05) is 64.5 Å². The first kappa shape index (κ1) is 34.8. The molecule has 0 N–H and O–H groups in total. The number of thiophene rings is 1. The molecule has 1 aliphatic heterocycles. The summed E-state index contributed by atoms with van der Waals surface area (Å²) in [5, 5.41) is 7.47. The van der Waals surface area contributed by atoms with E-state index in [2.05, 4.69) is 228 Å². The molecule has 0 fully saturated rings. The van der Waals surface area contributed by atoms with Crippen molar-refractivity contribution in [3.8, 4) is 28.3 Å². The maximum Gasteiger partial charge on any atom is 0.132 e. The SMILES string of the molecule is c1ccc(-n2c3ccccc3c3ccc(N(c4ccc5sc6ccccc6c5c4)c4ccc5c6c(cccc46)C4(c6ccccc6Oc6ccccc64)c4ccccc4-5)cc32)cc1. The van der Waals surface area contributed by atoms with Crippen LogP contribution < -0.4 is 9.64 Å². The summed E-state index contributed by atoms with van der Waals surface area (Å²) in [6.45, 7) is 0. The van der Waals surface area contributed by atoms with Gasteiger partial charge in [0.2, 0.25) is 0 Å². The molecule has 63 heavy (non-hydrogen) atoms. The van der Waals surface area contributed by atoms with Crippen LogP contribution in [0.25, 0.3) is 69.6 Å². The molecule has 3 heterocycles. The van der Waals surface area contributed by atoms with Gasteiger partial charge in [-0.05, 0) is 100 Å². The van der Waals surface area contributed by atoms with Crippen molar-refractivity contribution in [3.05, 3.63) is 241 Å². The zero-order valence-corrected chi connectivity index (χ0v) is 34.8. The second-order valence-electron chi connectivity index (χ2n) is 16.8. The van der Waals surface area contributed by atoms with Crippen molar-refractivity contribution >= 4 is 81.1 Å². The Labute approximate surface area is 367 Å². The van der Waals surface area contributed by atoms with Gasteiger partial charge in [-0.1, -0.05) is 146 Å². The summed E-state index contributed by atoms with van der Waals surface area (Å²) in [5.41, 5.74) is 13.5. The molecule has 0 bridgehead atoms. The number of para-hydroxylation sites is 4. The highest BCUT2D eigenvalue weighted by Gasteiger charge is 2.49. The van der Waals surface area contributed by atoms with Crippen molar-refractivity contribution in [2.75, 3.05) is 4.90 Å². The van der Waals surface area contributed by atoms with Gasteiger partial charge in [-0.3, -0.25) is 0 Å². The average molecular weight is 821 g/mol. The summed E-state index contributed by atoms with van der Waals surface area (Å²) in [5.74, 6) is 1.78. The highest BCUT2D eigenvalue weighted by atomic mass is 32.1. The number of benzene rings is 10. The van der Waals surface area contributed by atoms with Gasteiger partial charge in [0.05, 0.1) is 22.1 Å². The lowest BCUT2D eigenvalue weighted by atomic mass is 9.58. The summed E-state index contributed by atoms with van der Waals surface area (Å²) in [7, 11) is 0. The van der Waals surface area contributed by atoms with E-state index in [-0.39, 0.29) is 0 Å². The number of anilines is 3. The van der Waals surface area contributed by atoms with Crippen molar-refractivity contribution in [2.45, 2.75) is 5.41 Å². The normalized spacial score (nSPS) is 13.3. The van der Waals surface area contributed by atoms with Crippen LogP contribution in [0.4, 0.5) is 17.1 Å². The van der Waals surface area contributed by atoms with Crippen LogP contribution in [0.15, 0.2) is 218 Å². The summed E-state index contributed by atoms with van der Waals surface area (Å²) in [6.07, 6.45) is 0. The monoisotopic (exact) mass is 820 g/mol. The fourth-order valence-electron chi connectivity index (χ4n) is 11.1. The zero-order chi connectivity index (χ0) is 41.2. The molecular formula is C59H36N2OS. The van der Waals surface area contributed by atoms with Crippen molar-refractivity contribution < 1.29 is 4.74 Å². The van der Waals surface area contributed by atoms with E-state index in [1.807, 2.05) is 11.3 Å². The molecule has 14 rings (SSSR count). The molecule has 10 aromatic carbocycles. The molecule has 0 atom stereocenters. The van der Waals surface area contributed by atoms with Gasteiger partial charge in [0.25, 0.3) is 0 Å². The molecule has 0 amide bonds. The Kier molecular flexibility index (Phi) is 7.20. The zero-order valence-electron chi connectivity index (χ0n) is 34.0. The predicted octanol–water partition coefficient (Wildman–Crippen LogP) is 16.2. The topological polar surface area (TPSA) is 17.4 Å². The summed E-state index contributed by atoms with van der Waals surface area (Å²) >= 11 is 1.86. The van der Waals surface area contributed by atoms with E-state index in [9.17, 15) is 0 Å². The van der Waals surface area contributed by atoms with Crippen LogP contribution in [0.5, 0.6) is 11.5 Å². The Bertz CT molecular complexity index is 3810. The standard InChI is InChI=1S/C59H36N2OS/c1-2-15-37(16-3-1)61-51-25-10-5-18-41(51)42-31-29-39(36-53(42)61)60(38-30-34-57-46(35-38)43-19-6-13-28-56(43)63-57)52-33-32-44-40-17-4-7-21-47(40)59(50-24-14-20-45(52)58(44)50)48-22-8-11-26-54(48)62-55-27-12-9-23-49(55)59/h1-36H. The van der Waals surface area contributed by atoms with Crippen LogP contribution in [0.2, 0.25) is 0 Å². The van der Waals surface area contributed by atoms with Crippen LogP contribution in [0.1, 0.15) is 22.3 Å². The van der Waals surface area contributed by atoms with E-state index in [0.717, 1.165) is 50.9 Å². The minimum atomic E-state index is -0.609. The van der Waals surface area contributed by atoms with Gasteiger partial charge < -0.3 is 14.2 Å². The third-order valence-electron chi connectivity index (χ3n) is 13.6. The molecule has 4 heteroatoms. The third-order valence-corrected chi connectivity index (χ3v) is 14.8. The number of fused-ring (bicyclic) bond motifs is 14. The number of hydrogen-bond donors (Lipinski definition) is 0. The molecule has 0 unspecified atom stereocenters. The number of ether oxygens (including phenoxy) is 1. The van der Waals surface area contributed by atoms with Gasteiger partial charge in [-0.15, -0.1) is 11.3 Å². The summed E-state index contributed by atoms with van der Waals surface area (Å²) in [4.78, 5) is 2.50. The minimum absolute atomic E-state index is 0.609. The lowest BCUT2D eigenvalue weighted by Crippen LogP contribution is -2.36. The van der Waals surface area contributed by atoms with Crippen molar-refractivity contribution in [3.63, 3.8) is 0 Å². The van der Waals surface area contributed by atoms with Crippen molar-refractivity contribution in [2.24, 2.45) is 0 Å². The number of aromatic nitrogens is 1. The lowest BCUT2D eigenvalue weighted by molar-refractivity contribution is 0.435. The van der Waals surface area contributed by atoms with Gasteiger partial charge in [-0.25, -0.2) is 0 Å². The lowest BCUT2D eigenvalue weighted by Gasteiger charge is -2.45.